The molecule has 0 aliphatic carbocycles. The lowest BCUT2D eigenvalue weighted by Gasteiger charge is -2.30. The molecule has 2 rings (SSSR count). The molecule has 2 heterocycles. The summed E-state index contributed by atoms with van der Waals surface area (Å²) in [6, 6.07) is 0. The second-order valence-corrected chi connectivity index (χ2v) is 7.39. The Labute approximate surface area is 127 Å². The van der Waals surface area contributed by atoms with Crippen LogP contribution in [0, 0.1) is 5.92 Å². The Kier molecular flexibility index (Phi) is 5.85. The molecule has 0 amide bonds. The van der Waals surface area contributed by atoms with E-state index in [1.807, 2.05) is 11.3 Å². The molecule has 1 fully saturated rings. The Morgan fingerprint density at radius 3 is 2.90 bits per heavy atom. The molecule has 0 bridgehead atoms. The highest BCUT2D eigenvalue weighted by molar-refractivity contribution is 7.15. The maximum absolute atomic E-state index is 4.95. The molecule has 1 aromatic heterocycles. The molecule has 0 saturated carbocycles. The van der Waals surface area contributed by atoms with Crippen molar-refractivity contribution in [3.05, 3.63) is 10.6 Å². The number of rotatable bonds is 6. The predicted octanol–water partition coefficient (Wildman–Crippen LogP) is 4.00. The summed E-state index contributed by atoms with van der Waals surface area (Å²) in [5, 5.41) is 4.77. The molecule has 20 heavy (non-hydrogen) atoms. The van der Waals surface area contributed by atoms with Gasteiger partial charge in [-0.3, -0.25) is 0 Å². The monoisotopic (exact) mass is 295 g/mol. The standard InChI is InChI=1S/C16H29N3S/c1-5-8-17-10-14-15(12(2)3)18-16(20-14)19-9-6-7-13(4)11-19/h12-13,17H,5-11H2,1-4H3. The van der Waals surface area contributed by atoms with Crippen molar-refractivity contribution < 1.29 is 0 Å². The van der Waals surface area contributed by atoms with E-state index in [0.29, 0.717) is 5.92 Å². The molecule has 0 aromatic carbocycles. The number of nitrogens with zero attached hydrogens (tertiary/aromatic N) is 2. The van der Waals surface area contributed by atoms with E-state index >= 15 is 0 Å². The van der Waals surface area contributed by atoms with E-state index < -0.39 is 0 Å². The van der Waals surface area contributed by atoms with Crippen LogP contribution in [0.4, 0.5) is 5.13 Å². The highest BCUT2D eigenvalue weighted by Gasteiger charge is 2.22. The lowest BCUT2D eigenvalue weighted by atomic mass is 10.0. The van der Waals surface area contributed by atoms with E-state index in [1.165, 1.54) is 48.1 Å². The summed E-state index contributed by atoms with van der Waals surface area (Å²) < 4.78 is 0. The number of anilines is 1. The molecule has 114 valence electrons. The van der Waals surface area contributed by atoms with Gasteiger partial charge in [-0.1, -0.05) is 27.7 Å². The lowest BCUT2D eigenvalue weighted by Crippen LogP contribution is -2.34. The Hall–Kier alpha value is -0.610. The molecule has 1 aliphatic heterocycles. The molecule has 1 N–H and O–H groups in total. The van der Waals surface area contributed by atoms with Gasteiger partial charge < -0.3 is 10.2 Å². The summed E-state index contributed by atoms with van der Waals surface area (Å²) in [5.41, 5.74) is 1.30. The van der Waals surface area contributed by atoms with E-state index in [1.54, 1.807) is 0 Å². The number of thiazole rings is 1. The molecule has 0 spiro atoms. The number of aromatic nitrogens is 1. The largest absolute Gasteiger partial charge is 0.348 e. The van der Waals surface area contributed by atoms with Crippen LogP contribution in [0.2, 0.25) is 0 Å². The first-order valence-corrected chi connectivity index (χ1v) is 8.88. The fraction of sp³-hybridized carbons (Fsp3) is 0.812. The van der Waals surface area contributed by atoms with Crippen LogP contribution in [0.25, 0.3) is 0 Å². The van der Waals surface area contributed by atoms with Gasteiger partial charge in [0.25, 0.3) is 0 Å². The second-order valence-electron chi connectivity index (χ2n) is 6.33. The summed E-state index contributed by atoms with van der Waals surface area (Å²) in [5.74, 6) is 1.32. The van der Waals surface area contributed by atoms with Crippen LogP contribution in [0.3, 0.4) is 0 Å². The van der Waals surface area contributed by atoms with Crippen LogP contribution >= 0.6 is 11.3 Å². The van der Waals surface area contributed by atoms with Gasteiger partial charge in [0.2, 0.25) is 0 Å². The number of hydrogen-bond donors (Lipinski definition) is 1. The molecule has 1 saturated heterocycles. The SMILES string of the molecule is CCCNCc1sc(N2CCCC(C)C2)nc1C(C)C. The third-order valence-corrected chi connectivity index (χ3v) is 5.03. The zero-order valence-electron chi connectivity index (χ0n) is 13.4. The summed E-state index contributed by atoms with van der Waals surface area (Å²) >= 11 is 1.90. The third-order valence-electron chi connectivity index (χ3n) is 3.90. The van der Waals surface area contributed by atoms with Crippen molar-refractivity contribution in [1.29, 1.82) is 0 Å². The van der Waals surface area contributed by atoms with E-state index in [9.17, 15) is 0 Å². The van der Waals surface area contributed by atoms with Gasteiger partial charge in [-0.2, -0.15) is 0 Å². The van der Waals surface area contributed by atoms with Crippen molar-refractivity contribution in [3.8, 4) is 0 Å². The average Bonchev–Trinajstić information content (AvgIpc) is 2.83. The van der Waals surface area contributed by atoms with Crippen molar-refractivity contribution in [3.63, 3.8) is 0 Å². The van der Waals surface area contributed by atoms with E-state index in [2.05, 4.69) is 37.9 Å². The average molecular weight is 295 g/mol. The second kappa shape index (κ2) is 7.41. The Balaban J connectivity index is 2.11. The van der Waals surface area contributed by atoms with Crippen LogP contribution in [0.15, 0.2) is 0 Å². The van der Waals surface area contributed by atoms with Crippen LogP contribution in [0.5, 0.6) is 0 Å². The quantitative estimate of drug-likeness (QED) is 0.804. The van der Waals surface area contributed by atoms with Gasteiger partial charge in [0.05, 0.1) is 5.69 Å². The summed E-state index contributed by atoms with van der Waals surface area (Å²) in [6.45, 7) is 13.5. The lowest BCUT2D eigenvalue weighted by molar-refractivity contribution is 0.446. The van der Waals surface area contributed by atoms with E-state index in [4.69, 9.17) is 4.98 Å². The topological polar surface area (TPSA) is 28.2 Å². The zero-order chi connectivity index (χ0) is 14.5. The summed E-state index contributed by atoms with van der Waals surface area (Å²) in [6.07, 6.45) is 3.86. The van der Waals surface area contributed by atoms with Gasteiger partial charge in [-0.15, -0.1) is 11.3 Å². The third kappa shape index (κ3) is 3.95. The van der Waals surface area contributed by atoms with Crippen LogP contribution < -0.4 is 10.2 Å². The maximum Gasteiger partial charge on any atom is 0.185 e. The van der Waals surface area contributed by atoms with Crippen LogP contribution in [-0.2, 0) is 6.54 Å². The molecule has 1 aliphatic rings. The van der Waals surface area contributed by atoms with E-state index in [0.717, 1.165) is 19.0 Å². The molecule has 0 radical (unpaired) electrons. The Bertz CT molecular complexity index is 414. The van der Waals surface area contributed by atoms with Crippen molar-refractivity contribution in [2.75, 3.05) is 24.5 Å². The number of piperidine rings is 1. The smallest absolute Gasteiger partial charge is 0.185 e. The van der Waals surface area contributed by atoms with Crippen LogP contribution in [-0.4, -0.2) is 24.6 Å². The highest BCUT2D eigenvalue weighted by Crippen LogP contribution is 2.32. The molecular weight excluding hydrogens is 266 g/mol. The maximum atomic E-state index is 4.95. The minimum atomic E-state index is 0.514. The first kappa shape index (κ1) is 15.8. The van der Waals surface area contributed by atoms with Gasteiger partial charge in [0.15, 0.2) is 5.13 Å². The molecule has 4 heteroatoms. The summed E-state index contributed by atoms with van der Waals surface area (Å²) in [4.78, 5) is 8.88. The van der Waals surface area contributed by atoms with Crippen molar-refractivity contribution >= 4 is 16.5 Å². The van der Waals surface area contributed by atoms with Crippen LogP contribution in [0.1, 0.15) is 63.4 Å². The van der Waals surface area contributed by atoms with Gasteiger partial charge >= 0.3 is 0 Å². The molecule has 1 atom stereocenters. The van der Waals surface area contributed by atoms with E-state index in [-0.39, 0.29) is 0 Å². The number of hydrogen-bond acceptors (Lipinski definition) is 4. The van der Waals surface area contributed by atoms with Gasteiger partial charge in [-0.25, -0.2) is 4.98 Å². The zero-order valence-corrected chi connectivity index (χ0v) is 14.2. The fourth-order valence-electron chi connectivity index (χ4n) is 2.81. The minimum absolute atomic E-state index is 0.514. The first-order valence-electron chi connectivity index (χ1n) is 8.07. The van der Waals surface area contributed by atoms with Crippen molar-refractivity contribution in [2.45, 2.75) is 59.4 Å². The molecule has 1 unspecified atom stereocenters. The Morgan fingerprint density at radius 2 is 2.25 bits per heavy atom. The number of nitrogens with one attached hydrogen (secondary N) is 1. The predicted molar refractivity (Wildman–Crippen MR) is 88.8 cm³/mol. The van der Waals surface area contributed by atoms with Gasteiger partial charge in [0, 0.05) is 24.5 Å². The summed E-state index contributed by atoms with van der Waals surface area (Å²) in [7, 11) is 0. The first-order chi connectivity index (χ1) is 9.61. The molecule has 1 aromatic rings. The normalized spacial score (nSPS) is 19.9. The van der Waals surface area contributed by atoms with Crippen molar-refractivity contribution in [2.24, 2.45) is 5.92 Å². The molecule has 3 nitrogen and oxygen atoms in total. The Morgan fingerprint density at radius 1 is 1.45 bits per heavy atom. The van der Waals surface area contributed by atoms with Gasteiger partial charge in [0.1, 0.15) is 0 Å². The van der Waals surface area contributed by atoms with Crippen molar-refractivity contribution in [1.82, 2.24) is 10.3 Å². The highest BCUT2D eigenvalue weighted by atomic mass is 32.1. The molecular formula is C16H29N3S. The fourth-order valence-corrected chi connectivity index (χ4v) is 4.02. The van der Waals surface area contributed by atoms with Gasteiger partial charge in [-0.05, 0) is 37.6 Å². The minimum Gasteiger partial charge on any atom is -0.348 e.